The van der Waals surface area contributed by atoms with Gasteiger partial charge in [0.05, 0.1) is 4.92 Å². The minimum absolute atomic E-state index is 0.0554. The Bertz CT molecular complexity index is 683. The normalized spacial score (nSPS) is 13.6. The molecule has 6 nitrogen and oxygen atoms in total. The van der Waals surface area contributed by atoms with Crippen LogP contribution in [0.15, 0.2) is 24.3 Å². The number of nitro groups is 1. The van der Waals surface area contributed by atoms with Gasteiger partial charge in [0, 0.05) is 36.0 Å². The lowest BCUT2D eigenvalue weighted by atomic mass is 9.96. The van der Waals surface area contributed by atoms with E-state index in [-0.39, 0.29) is 5.69 Å². The van der Waals surface area contributed by atoms with E-state index in [4.69, 9.17) is 0 Å². The van der Waals surface area contributed by atoms with Crippen molar-refractivity contribution in [2.75, 3.05) is 12.4 Å². The van der Waals surface area contributed by atoms with Gasteiger partial charge in [-0.25, -0.2) is 9.97 Å². The summed E-state index contributed by atoms with van der Waals surface area (Å²) >= 11 is 0. The van der Waals surface area contributed by atoms with Gasteiger partial charge >= 0.3 is 0 Å². The van der Waals surface area contributed by atoms with Gasteiger partial charge in [-0.2, -0.15) is 0 Å². The van der Waals surface area contributed by atoms with Crippen molar-refractivity contribution < 1.29 is 4.92 Å². The highest BCUT2D eigenvalue weighted by molar-refractivity contribution is 5.62. The lowest BCUT2D eigenvalue weighted by molar-refractivity contribution is -0.384. The second-order valence-corrected chi connectivity index (χ2v) is 5.09. The average Bonchev–Trinajstić information content (AvgIpc) is 2.53. The molecule has 0 aliphatic heterocycles. The number of non-ortho nitro benzene ring substituents is 1. The highest BCUT2D eigenvalue weighted by atomic mass is 16.6. The molecule has 1 heterocycles. The summed E-state index contributed by atoms with van der Waals surface area (Å²) < 4.78 is 0. The van der Waals surface area contributed by atoms with E-state index in [0.717, 1.165) is 37.2 Å². The van der Waals surface area contributed by atoms with Crippen LogP contribution in [0.2, 0.25) is 0 Å². The molecule has 0 unspecified atom stereocenters. The van der Waals surface area contributed by atoms with Gasteiger partial charge in [0.2, 0.25) is 0 Å². The predicted molar refractivity (Wildman–Crippen MR) is 80.3 cm³/mol. The van der Waals surface area contributed by atoms with Gasteiger partial charge in [0.15, 0.2) is 5.82 Å². The largest absolute Gasteiger partial charge is 0.373 e. The highest BCUT2D eigenvalue weighted by Crippen LogP contribution is 2.29. The van der Waals surface area contributed by atoms with Crippen molar-refractivity contribution in [3.63, 3.8) is 0 Å². The van der Waals surface area contributed by atoms with Gasteiger partial charge in [-0.3, -0.25) is 10.1 Å². The molecule has 3 rings (SSSR count). The minimum Gasteiger partial charge on any atom is -0.373 e. The van der Waals surface area contributed by atoms with Crippen LogP contribution in [-0.4, -0.2) is 21.9 Å². The van der Waals surface area contributed by atoms with E-state index in [1.54, 1.807) is 12.1 Å². The number of nitrogens with one attached hydrogen (secondary N) is 1. The molecule has 1 N–H and O–H groups in total. The lowest BCUT2D eigenvalue weighted by Crippen LogP contribution is -2.11. The summed E-state index contributed by atoms with van der Waals surface area (Å²) in [5, 5.41) is 14.0. The molecule has 6 heteroatoms. The molecule has 21 heavy (non-hydrogen) atoms. The van der Waals surface area contributed by atoms with Crippen LogP contribution < -0.4 is 5.32 Å². The number of benzene rings is 1. The van der Waals surface area contributed by atoms with E-state index >= 15 is 0 Å². The molecule has 1 aliphatic rings. The van der Waals surface area contributed by atoms with Crippen LogP contribution in [-0.2, 0) is 12.8 Å². The second kappa shape index (κ2) is 5.47. The molecule has 0 bridgehead atoms. The molecule has 1 aromatic carbocycles. The Morgan fingerprint density at radius 1 is 1.24 bits per heavy atom. The quantitative estimate of drug-likeness (QED) is 0.692. The Morgan fingerprint density at radius 2 is 2.05 bits per heavy atom. The number of aryl methyl sites for hydroxylation is 1. The van der Waals surface area contributed by atoms with Crippen LogP contribution in [0.4, 0.5) is 11.5 Å². The number of nitro benzene ring substituents is 1. The van der Waals surface area contributed by atoms with Crippen molar-refractivity contribution >= 4 is 11.5 Å². The average molecular weight is 284 g/mol. The van der Waals surface area contributed by atoms with E-state index in [1.807, 2.05) is 7.05 Å². The number of nitrogens with zero attached hydrogens (tertiary/aromatic N) is 3. The summed E-state index contributed by atoms with van der Waals surface area (Å²) in [4.78, 5) is 19.6. The van der Waals surface area contributed by atoms with Crippen LogP contribution in [0, 0.1) is 10.1 Å². The number of rotatable bonds is 3. The van der Waals surface area contributed by atoms with Crippen LogP contribution in [0.3, 0.4) is 0 Å². The van der Waals surface area contributed by atoms with Crippen LogP contribution >= 0.6 is 0 Å². The Kier molecular flexibility index (Phi) is 3.51. The van der Waals surface area contributed by atoms with Crippen molar-refractivity contribution in [3.05, 3.63) is 45.6 Å². The molecule has 108 valence electrons. The molecular formula is C15H16N4O2. The third kappa shape index (κ3) is 2.56. The summed E-state index contributed by atoms with van der Waals surface area (Å²) in [6, 6.07) is 6.46. The smallest absolute Gasteiger partial charge is 0.270 e. The second-order valence-electron chi connectivity index (χ2n) is 5.09. The number of hydrogen-bond donors (Lipinski definition) is 1. The van der Waals surface area contributed by atoms with E-state index in [1.165, 1.54) is 17.7 Å². The molecule has 0 atom stereocenters. The maximum atomic E-state index is 10.9. The molecule has 1 aromatic heterocycles. The van der Waals surface area contributed by atoms with Gasteiger partial charge in [-0.15, -0.1) is 0 Å². The van der Waals surface area contributed by atoms with E-state index in [9.17, 15) is 10.1 Å². The maximum Gasteiger partial charge on any atom is 0.270 e. The zero-order chi connectivity index (χ0) is 14.8. The predicted octanol–water partition coefficient (Wildman–Crippen LogP) is 2.97. The van der Waals surface area contributed by atoms with E-state index in [2.05, 4.69) is 15.3 Å². The number of fused-ring (bicyclic) bond motifs is 1. The first kappa shape index (κ1) is 13.5. The molecule has 0 spiro atoms. The first-order valence-electron chi connectivity index (χ1n) is 7.01. The molecule has 0 amide bonds. The van der Waals surface area contributed by atoms with E-state index < -0.39 is 4.92 Å². The van der Waals surface area contributed by atoms with Gasteiger partial charge in [0.1, 0.15) is 5.82 Å². The van der Waals surface area contributed by atoms with Crippen molar-refractivity contribution in [2.45, 2.75) is 25.7 Å². The fourth-order valence-corrected chi connectivity index (χ4v) is 2.69. The maximum absolute atomic E-state index is 10.9. The summed E-state index contributed by atoms with van der Waals surface area (Å²) in [5.74, 6) is 1.38. The van der Waals surface area contributed by atoms with Crippen LogP contribution in [0.25, 0.3) is 11.4 Å². The summed E-state index contributed by atoms with van der Waals surface area (Å²) in [5.41, 5.74) is 2.97. The Balaban J connectivity index is 2.10. The summed E-state index contributed by atoms with van der Waals surface area (Å²) in [6.07, 6.45) is 4.21. The van der Waals surface area contributed by atoms with Gasteiger partial charge in [-0.1, -0.05) is 12.1 Å². The molecule has 1 aliphatic carbocycles. The number of aromatic nitrogens is 2. The van der Waals surface area contributed by atoms with Crippen molar-refractivity contribution in [3.8, 4) is 11.4 Å². The number of anilines is 1. The Morgan fingerprint density at radius 3 is 2.81 bits per heavy atom. The van der Waals surface area contributed by atoms with Crippen LogP contribution in [0.1, 0.15) is 24.1 Å². The van der Waals surface area contributed by atoms with E-state index in [0.29, 0.717) is 11.4 Å². The molecule has 0 saturated carbocycles. The zero-order valence-corrected chi connectivity index (χ0v) is 11.8. The van der Waals surface area contributed by atoms with Gasteiger partial charge < -0.3 is 5.32 Å². The third-order valence-corrected chi connectivity index (χ3v) is 3.74. The molecule has 2 aromatic rings. The minimum atomic E-state index is -0.402. The highest BCUT2D eigenvalue weighted by Gasteiger charge is 2.18. The topological polar surface area (TPSA) is 81.0 Å². The Hall–Kier alpha value is -2.50. The first-order chi connectivity index (χ1) is 10.2. The fraction of sp³-hybridized carbons (Fsp3) is 0.333. The van der Waals surface area contributed by atoms with Gasteiger partial charge in [0.25, 0.3) is 5.69 Å². The summed E-state index contributed by atoms with van der Waals surface area (Å²) in [7, 11) is 1.84. The number of hydrogen-bond acceptors (Lipinski definition) is 5. The van der Waals surface area contributed by atoms with Crippen molar-refractivity contribution in [1.29, 1.82) is 0 Å². The van der Waals surface area contributed by atoms with Crippen molar-refractivity contribution in [2.24, 2.45) is 0 Å². The Labute approximate surface area is 122 Å². The molecule has 0 radical (unpaired) electrons. The lowest BCUT2D eigenvalue weighted by Gasteiger charge is -2.18. The summed E-state index contributed by atoms with van der Waals surface area (Å²) in [6.45, 7) is 0. The van der Waals surface area contributed by atoms with Gasteiger partial charge in [-0.05, 0) is 25.7 Å². The molecule has 0 fully saturated rings. The monoisotopic (exact) mass is 284 g/mol. The molecular weight excluding hydrogens is 268 g/mol. The third-order valence-electron chi connectivity index (χ3n) is 3.74. The molecule has 0 saturated heterocycles. The zero-order valence-electron chi connectivity index (χ0n) is 11.8. The van der Waals surface area contributed by atoms with Crippen LogP contribution in [0.5, 0.6) is 0 Å². The standard InChI is InChI=1S/C15H16N4O2/c1-16-15-12-7-2-3-8-13(12)17-14(18-15)10-5-4-6-11(9-10)19(20)21/h4-6,9H,2-3,7-8H2,1H3,(H,16,17,18). The first-order valence-corrected chi connectivity index (χ1v) is 7.01. The fourth-order valence-electron chi connectivity index (χ4n) is 2.69. The SMILES string of the molecule is CNc1nc(-c2cccc([N+](=O)[O-])c2)nc2c1CCCC2. The van der Waals surface area contributed by atoms with Crippen molar-refractivity contribution in [1.82, 2.24) is 9.97 Å².